The Kier molecular flexibility index (Phi) is 3.12. The maximum absolute atomic E-state index is 9.70. The summed E-state index contributed by atoms with van der Waals surface area (Å²) >= 11 is 6.12. The van der Waals surface area contributed by atoms with Crippen molar-refractivity contribution in [3.8, 4) is 5.75 Å². The van der Waals surface area contributed by atoms with Gasteiger partial charge in [0.15, 0.2) is 0 Å². The van der Waals surface area contributed by atoms with Crippen molar-refractivity contribution in [3.63, 3.8) is 0 Å². The van der Waals surface area contributed by atoms with E-state index in [1.54, 1.807) is 12.3 Å². The van der Waals surface area contributed by atoms with Gasteiger partial charge in [-0.15, -0.1) is 5.10 Å². The van der Waals surface area contributed by atoms with E-state index in [9.17, 15) is 5.11 Å². The zero-order valence-corrected chi connectivity index (χ0v) is 14.0. The molecule has 2 aliphatic heterocycles. The minimum Gasteiger partial charge on any atom is -0.506 e. The van der Waals surface area contributed by atoms with Crippen LogP contribution in [0.15, 0.2) is 53.9 Å². The van der Waals surface area contributed by atoms with Gasteiger partial charge < -0.3 is 15.7 Å². The SMILES string of the molecule is Oc1ccc(C2CNC3=C4C(=CNC42)C=Cc2ccnnc23)cc1Cl. The Morgan fingerprint density at radius 3 is 3.00 bits per heavy atom. The minimum atomic E-state index is 0.105. The molecule has 0 spiro atoms. The molecule has 3 heterocycles. The summed E-state index contributed by atoms with van der Waals surface area (Å²) in [5.74, 6) is 0.297. The molecule has 1 aromatic carbocycles. The van der Waals surface area contributed by atoms with Gasteiger partial charge in [-0.1, -0.05) is 29.8 Å². The average molecular weight is 351 g/mol. The van der Waals surface area contributed by atoms with E-state index in [-0.39, 0.29) is 17.7 Å². The number of benzene rings is 1. The quantitative estimate of drug-likeness (QED) is 0.737. The van der Waals surface area contributed by atoms with Gasteiger partial charge in [0.05, 0.1) is 23.0 Å². The first-order valence-electron chi connectivity index (χ1n) is 8.15. The van der Waals surface area contributed by atoms with Crippen molar-refractivity contribution < 1.29 is 5.11 Å². The number of aromatic hydroxyl groups is 1. The van der Waals surface area contributed by atoms with Crippen LogP contribution in [-0.2, 0) is 0 Å². The summed E-state index contributed by atoms with van der Waals surface area (Å²) in [4.78, 5) is 0. The Morgan fingerprint density at radius 1 is 1.20 bits per heavy atom. The molecule has 1 aromatic heterocycles. The molecule has 0 radical (unpaired) electrons. The third-order valence-corrected chi connectivity index (χ3v) is 5.34. The standard InChI is InChI=1S/C19H15ClN4O/c20-14-7-11(3-4-15(14)25)13-9-22-19-16-12(8-21-18(13)16)2-1-10-5-6-23-24-17(10)19/h1-8,13,18,21-22,25H,9H2. The number of aromatic nitrogens is 2. The van der Waals surface area contributed by atoms with E-state index in [4.69, 9.17) is 11.6 Å². The number of nitrogens with one attached hydrogen (secondary N) is 2. The van der Waals surface area contributed by atoms with Crippen molar-refractivity contribution in [2.75, 3.05) is 6.54 Å². The van der Waals surface area contributed by atoms with Gasteiger partial charge >= 0.3 is 0 Å². The van der Waals surface area contributed by atoms with E-state index in [1.807, 2.05) is 18.2 Å². The number of rotatable bonds is 1. The van der Waals surface area contributed by atoms with Crippen LogP contribution < -0.4 is 10.6 Å². The van der Waals surface area contributed by atoms with E-state index in [1.165, 1.54) is 5.57 Å². The van der Waals surface area contributed by atoms with Crippen molar-refractivity contribution in [3.05, 3.63) is 75.7 Å². The molecule has 5 rings (SSSR count). The van der Waals surface area contributed by atoms with Crippen LogP contribution in [-0.4, -0.2) is 27.9 Å². The number of fused-ring (bicyclic) bond motifs is 2. The third kappa shape index (κ3) is 2.16. The smallest absolute Gasteiger partial charge is 0.134 e. The highest BCUT2D eigenvalue weighted by molar-refractivity contribution is 6.32. The highest BCUT2D eigenvalue weighted by Crippen LogP contribution is 2.42. The summed E-state index contributed by atoms with van der Waals surface area (Å²) < 4.78 is 0. The first-order valence-corrected chi connectivity index (χ1v) is 8.53. The summed E-state index contributed by atoms with van der Waals surface area (Å²) in [6.07, 6.45) is 7.96. The average Bonchev–Trinajstić information content (AvgIpc) is 2.99. The van der Waals surface area contributed by atoms with Crippen LogP contribution in [0, 0.1) is 0 Å². The molecule has 0 saturated carbocycles. The van der Waals surface area contributed by atoms with Gasteiger partial charge in [-0.3, -0.25) is 0 Å². The minimum absolute atomic E-state index is 0.105. The Labute approximate surface area is 149 Å². The van der Waals surface area contributed by atoms with E-state index in [2.05, 4.69) is 39.2 Å². The van der Waals surface area contributed by atoms with Crippen molar-refractivity contribution in [2.45, 2.75) is 12.0 Å². The van der Waals surface area contributed by atoms with Crippen LogP contribution in [0.1, 0.15) is 22.7 Å². The highest BCUT2D eigenvalue weighted by Gasteiger charge is 2.38. The number of phenolic OH excluding ortho intramolecular Hbond substituents is 1. The third-order valence-electron chi connectivity index (χ3n) is 5.04. The highest BCUT2D eigenvalue weighted by atomic mass is 35.5. The van der Waals surface area contributed by atoms with Crippen LogP contribution in [0.3, 0.4) is 0 Å². The molecular formula is C19H15ClN4O. The molecule has 0 fully saturated rings. The molecule has 2 unspecified atom stereocenters. The molecule has 5 nitrogen and oxygen atoms in total. The second kappa shape index (κ2) is 5.36. The molecular weight excluding hydrogens is 336 g/mol. The Balaban J connectivity index is 1.63. The van der Waals surface area contributed by atoms with E-state index in [0.29, 0.717) is 5.02 Å². The normalized spacial score (nSPS) is 23.2. The monoisotopic (exact) mass is 350 g/mol. The number of hydrogen-bond donors (Lipinski definition) is 3. The maximum Gasteiger partial charge on any atom is 0.134 e. The summed E-state index contributed by atoms with van der Waals surface area (Å²) in [5, 5.41) is 25.5. The van der Waals surface area contributed by atoms with Crippen molar-refractivity contribution in [1.82, 2.24) is 20.8 Å². The largest absolute Gasteiger partial charge is 0.506 e. The summed E-state index contributed by atoms with van der Waals surface area (Å²) in [5.41, 5.74) is 6.42. The summed E-state index contributed by atoms with van der Waals surface area (Å²) in [6.45, 7) is 0.745. The summed E-state index contributed by atoms with van der Waals surface area (Å²) in [6, 6.07) is 7.53. The van der Waals surface area contributed by atoms with Gasteiger partial charge in [0.1, 0.15) is 11.4 Å². The van der Waals surface area contributed by atoms with Gasteiger partial charge in [-0.25, -0.2) is 0 Å². The van der Waals surface area contributed by atoms with Crippen LogP contribution in [0.5, 0.6) is 5.75 Å². The lowest BCUT2D eigenvalue weighted by molar-refractivity contribution is 0.473. The zero-order chi connectivity index (χ0) is 17.0. The Hall–Kier alpha value is -2.79. The van der Waals surface area contributed by atoms with Crippen molar-refractivity contribution in [1.29, 1.82) is 0 Å². The van der Waals surface area contributed by atoms with E-state index < -0.39 is 0 Å². The molecule has 2 aromatic rings. The fraction of sp³-hybridized carbons (Fsp3) is 0.158. The number of allylic oxidation sites excluding steroid dienone is 1. The second-order valence-corrected chi connectivity index (χ2v) is 6.81. The lowest BCUT2D eigenvalue weighted by Crippen LogP contribution is -2.41. The molecule has 124 valence electrons. The van der Waals surface area contributed by atoms with Gasteiger partial charge in [-0.2, -0.15) is 5.10 Å². The molecule has 0 bridgehead atoms. The van der Waals surface area contributed by atoms with Gasteiger partial charge in [0, 0.05) is 29.8 Å². The van der Waals surface area contributed by atoms with Crippen LogP contribution >= 0.6 is 11.6 Å². The van der Waals surface area contributed by atoms with Gasteiger partial charge in [-0.05, 0) is 29.3 Å². The first kappa shape index (κ1) is 14.5. The molecule has 3 aliphatic rings. The fourth-order valence-corrected chi connectivity index (χ4v) is 4.01. The van der Waals surface area contributed by atoms with Crippen LogP contribution in [0.2, 0.25) is 5.02 Å². The second-order valence-electron chi connectivity index (χ2n) is 6.40. The van der Waals surface area contributed by atoms with Crippen LogP contribution in [0.25, 0.3) is 11.8 Å². The molecule has 25 heavy (non-hydrogen) atoms. The number of halogens is 1. The van der Waals surface area contributed by atoms with Crippen molar-refractivity contribution >= 4 is 23.4 Å². The van der Waals surface area contributed by atoms with Crippen LogP contribution in [0.4, 0.5) is 0 Å². The number of hydrogen-bond acceptors (Lipinski definition) is 5. The maximum atomic E-state index is 9.70. The lowest BCUT2D eigenvalue weighted by atomic mass is 9.82. The van der Waals surface area contributed by atoms with E-state index in [0.717, 1.165) is 34.6 Å². The molecule has 3 N–H and O–H groups in total. The van der Waals surface area contributed by atoms with Crippen molar-refractivity contribution in [2.24, 2.45) is 0 Å². The molecule has 6 heteroatoms. The molecule has 1 aliphatic carbocycles. The predicted octanol–water partition coefficient (Wildman–Crippen LogP) is 2.82. The van der Waals surface area contributed by atoms with E-state index >= 15 is 0 Å². The van der Waals surface area contributed by atoms with Gasteiger partial charge in [0.2, 0.25) is 0 Å². The predicted molar refractivity (Wildman–Crippen MR) is 96.9 cm³/mol. The molecule has 0 amide bonds. The fourth-order valence-electron chi connectivity index (χ4n) is 3.83. The lowest BCUT2D eigenvalue weighted by Gasteiger charge is -2.34. The number of nitrogens with zero attached hydrogens (tertiary/aromatic N) is 2. The summed E-state index contributed by atoms with van der Waals surface area (Å²) in [7, 11) is 0. The van der Waals surface area contributed by atoms with Gasteiger partial charge in [0.25, 0.3) is 0 Å². The Bertz CT molecular complexity index is 979. The molecule has 2 atom stereocenters. The first-order chi connectivity index (χ1) is 12.2. The molecule has 0 saturated heterocycles. The number of phenols is 1. The topological polar surface area (TPSA) is 70.1 Å². The Morgan fingerprint density at radius 2 is 2.12 bits per heavy atom. The zero-order valence-electron chi connectivity index (χ0n) is 13.2.